The number of ether oxygens (including phenoxy) is 1. The van der Waals surface area contributed by atoms with Crippen LogP contribution in [0.25, 0.3) is 0 Å². The second kappa shape index (κ2) is 4.91. The van der Waals surface area contributed by atoms with E-state index in [9.17, 15) is 4.79 Å². The Labute approximate surface area is 103 Å². The van der Waals surface area contributed by atoms with Crippen LogP contribution in [-0.2, 0) is 6.42 Å². The van der Waals surface area contributed by atoms with Crippen molar-refractivity contribution in [1.29, 1.82) is 0 Å². The van der Waals surface area contributed by atoms with Gasteiger partial charge < -0.3 is 4.74 Å². The molecule has 0 saturated carbocycles. The van der Waals surface area contributed by atoms with Crippen LogP contribution in [0, 0.1) is 5.92 Å². The number of rotatable bonds is 4. The molecule has 2 nitrogen and oxygen atoms in total. The van der Waals surface area contributed by atoms with Gasteiger partial charge in [-0.3, -0.25) is 4.79 Å². The molecule has 1 aromatic rings. The summed E-state index contributed by atoms with van der Waals surface area (Å²) in [7, 11) is 0. The number of carbonyl (C=O) groups excluding carboxylic acids is 1. The van der Waals surface area contributed by atoms with Crippen LogP contribution < -0.4 is 4.74 Å². The maximum Gasteiger partial charge on any atom is 0.163 e. The lowest BCUT2D eigenvalue weighted by Gasteiger charge is -2.08. The average Bonchev–Trinajstić information content (AvgIpc) is 2.67. The highest BCUT2D eigenvalue weighted by molar-refractivity contribution is 5.96. The van der Waals surface area contributed by atoms with E-state index >= 15 is 0 Å². The van der Waals surface area contributed by atoms with Gasteiger partial charge in [0.15, 0.2) is 5.78 Å². The predicted octanol–water partition coefficient (Wildman–Crippen LogP) is 3.63. The molecule has 17 heavy (non-hydrogen) atoms. The summed E-state index contributed by atoms with van der Waals surface area (Å²) in [6.45, 7) is 6.30. The molecule has 1 aliphatic heterocycles. The molecule has 2 rings (SSSR count). The van der Waals surface area contributed by atoms with Gasteiger partial charge in [-0.25, -0.2) is 0 Å². The monoisotopic (exact) mass is 232 g/mol. The first-order valence-corrected chi connectivity index (χ1v) is 6.43. The Hall–Kier alpha value is -1.31. The maximum absolute atomic E-state index is 12.1. The van der Waals surface area contributed by atoms with E-state index in [-0.39, 0.29) is 11.9 Å². The van der Waals surface area contributed by atoms with Crippen LogP contribution in [0.4, 0.5) is 0 Å². The highest BCUT2D eigenvalue weighted by Crippen LogP contribution is 2.30. The Morgan fingerprint density at radius 1 is 1.53 bits per heavy atom. The summed E-state index contributed by atoms with van der Waals surface area (Å²) < 4.78 is 5.63. The highest BCUT2D eigenvalue weighted by Gasteiger charge is 2.20. The fourth-order valence-corrected chi connectivity index (χ4v) is 2.17. The standard InChI is InChI=1S/C15H20O2/c1-4-10(2)7-14(16)12-5-6-15-13(9-12)8-11(3)17-15/h5-6,9-11H,4,7-8H2,1-3H3. The summed E-state index contributed by atoms with van der Waals surface area (Å²) in [6.07, 6.45) is 2.85. The van der Waals surface area contributed by atoms with Gasteiger partial charge in [-0.1, -0.05) is 20.3 Å². The molecule has 0 N–H and O–H groups in total. The van der Waals surface area contributed by atoms with Crippen LogP contribution in [-0.4, -0.2) is 11.9 Å². The molecule has 1 aliphatic rings. The summed E-state index contributed by atoms with van der Waals surface area (Å²) in [5.41, 5.74) is 2.01. The Morgan fingerprint density at radius 2 is 2.29 bits per heavy atom. The minimum atomic E-state index is 0.241. The number of fused-ring (bicyclic) bond motifs is 1. The molecule has 0 amide bonds. The minimum absolute atomic E-state index is 0.241. The molecule has 2 heteroatoms. The van der Waals surface area contributed by atoms with Crippen LogP contribution in [0.15, 0.2) is 18.2 Å². The number of hydrogen-bond donors (Lipinski definition) is 0. The zero-order valence-corrected chi connectivity index (χ0v) is 10.8. The van der Waals surface area contributed by atoms with Crippen LogP contribution in [0.1, 0.15) is 49.5 Å². The summed E-state index contributed by atoms with van der Waals surface area (Å²) in [5, 5.41) is 0. The van der Waals surface area contributed by atoms with E-state index < -0.39 is 0 Å². The van der Waals surface area contributed by atoms with Crippen molar-refractivity contribution in [3.05, 3.63) is 29.3 Å². The number of carbonyl (C=O) groups is 1. The van der Waals surface area contributed by atoms with E-state index in [2.05, 4.69) is 20.8 Å². The van der Waals surface area contributed by atoms with Crippen LogP contribution in [0.2, 0.25) is 0 Å². The first-order chi connectivity index (χ1) is 8.10. The Kier molecular flexibility index (Phi) is 3.51. The first-order valence-electron chi connectivity index (χ1n) is 6.43. The molecule has 0 bridgehead atoms. The van der Waals surface area contributed by atoms with Crippen molar-refractivity contribution in [3.63, 3.8) is 0 Å². The molecule has 1 heterocycles. The molecule has 0 aliphatic carbocycles. The van der Waals surface area contributed by atoms with Crippen molar-refractivity contribution in [2.45, 2.75) is 46.1 Å². The second-order valence-electron chi connectivity index (χ2n) is 5.10. The van der Waals surface area contributed by atoms with Gasteiger partial charge in [0.25, 0.3) is 0 Å². The van der Waals surface area contributed by atoms with Crippen LogP contribution in [0.5, 0.6) is 5.75 Å². The minimum Gasteiger partial charge on any atom is -0.490 e. The van der Waals surface area contributed by atoms with Crippen LogP contribution in [0.3, 0.4) is 0 Å². The van der Waals surface area contributed by atoms with E-state index in [0.29, 0.717) is 12.3 Å². The van der Waals surface area contributed by atoms with Crippen molar-refractivity contribution in [1.82, 2.24) is 0 Å². The number of benzene rings is 1. The van der Waals surface area contributed by atoms with Gasteiger partial charge in [0.1, 0.15) is 11.9 Å². The third-order valence-corrected chi connectivity index (χ3v) is 3.45. The fraction of sp³-hybridized carbons (Fsp3) is 0.533. The van der Waals surface area contributed by atoms with Gasteiger partial charge in [0, 0.05) is 18.4 Å². The topological polar surface area (TPSA) is 26.3 Å². The Bertz CT molecular complexity index is 423. The third-order valence-electron chi connectivity index (χ3n) is 3.45. The largest absolute Gasteiger partial charge is 0.490 e. The van der Waals surface area contributed by atoms with Crippen molar-refractivity contribution in [3.8, 4) is 5.75 Å². The lowest BCUT2D eigenvalue weighted by Crippen LogP contribution is -2.05. The van der Waals surface area contributed by atoms with Gasteiger partial charge in [-0.05, 0) is 36.6 Å². The van der Waals surface area contributed by atoms with E-state index in [4.69, 9.17) is 4.74 Å². The SMILES string of the molecule is CCC(C)CC(=O)c1ccc2c(c1)CC(C)O2. The molecule has 0 aromatic heterocycles. The number of Topliss-reactive ketones (excluding diaryl/α,β-unsaturated/α-hetero) is 1. The van der Waals surface area contributed by atoms with Crippen molar-refractivity contribution in [2.75, 3.05) is 0 Å². The maximum atomic E-state index is 12.1. The Balaban J connectivity index is 2.13. The summed E-state index contributed by atoms with van der Waals surface area (Å²) in [4.78, 5) is 12.1. The lowest BCUT2D eigenvalue weighted by molar-refractivity contribution is 0.0963. The molecular weight excluding hydrogens is 212 g/mol. The molecule has 2 atom stereocenters. The van der Waals surface area contributed by atoms with Crippen molar-refractivity contribution >= 4 is 5.78 Å². The summed E-state index contributed by atoms with van der Waals surface area (Å²) >= 11 is 0. The highest BCUT2D eigenvalue weighted by atomic mass is 16.5. The van der Waals surface area contributed by atoms with E-state index in [0.717, 1.165) is 24.2 Å². The fourth-order valence-electron chi connectivity index (χ4n) is 2.17. The predicted molar refractivity (Wildman–Crippen MR) is 68.6 cm³/mol. The number of hydrogen-bond acceptors (Lipinski definition) is 2. The quantitative estimate of drug-likeness (QED) is 0.741. The van der Waals surface area contributed by atoms with Crippen molar-refractivity contribution in [2.24, 2.45) is 5.92 Å². The van der Waals surface area contributed by atoms with E-state index in [1.807, 2.05) is 18.2 Å². The summed E-state index contributed by atoms with van der Waals surface area (Å²) in [6, 6.07) is 5.83. The first kappa shape index (κ1) is 12.2. The van der Waals surface area contributed by atoms with E-state index in [1.165, 1.54) is 5.56 Å². The zero-order valence-electron chi connectivity index (χ0n) is 10.8. The zero-order chi connectivity index (χ0) is 12.4. The lowest BCUT2D eigenvalue weighted by atomic mass is 9.96. The number of ketones is 1. The molecular formula is C15H20O2. The molecule has 0 fully saturated rings. The smallest absolute Gasteiger partial charge is 0.163 e. The van der Waals surface area contributed by atoms with Crippen molar-refractivity contribution < 1.29 is 9.53 Å². The molecule has 92 valence electrons. The molecule has 0 saturated heterocycles. The molecule has 0 radical (unpaired) electrons. The van der Waals surface area contributed by atoms with Gasteiger partial charge in [0.05, 0.1) is 0 Å². The molecule has 2 unspecified atom stereocenters. The van der Waals surface area contributed by atoms with Gasteiger partial charge in [0.2, 0.25) is 0 Å². The Morgan fingerprint density at radius 3 is 3.00 bits per heavy atom. The van der Waals surface area contributed by atoms with E-state index in [1.54, 1.807) is 0 Å². The van der Waals surface area contributed by atoms with Gasteiger partial charge in [-0.15, -0.1) is 0 Å². The average molecular weight is 232 g/mol. The molecule has 0 spiro atoms. The molecule has 1 aromatic carbocycles. The normalized spacial score (nSPS) is 19.6. The summed E-state index contributed by atoms with van der Waals surface area (Å²) in [5.74, 6) is 1.66. The van der Waals surface area contributed by atoms with Gasteiger partial charge >= 0.3 is 0 Å². The van der Waals surface area contributed by atoms with Crippen LogP contribution >= 0.6 is 0 Å². The second-order valence-corrected chi connectivity index (χ2v) is 5.10. The third kappa shape index (κ3) is 2.68. The van der Waals surface area contributed by atoms with Gasteiger partial charge in [-0.2, -0.15) is 0 Å².